The molecule has 0 aliphatic carbocycles. The Morgan fingerprint density at radius 3 is 2.53 bits per heavy atom. The van der Waals surface area contributed by atoms with Gasteiger partial charge < -0.3 is 15.2 Å². The molecule has 1 aromatic rings. The first-order chi connectivity index (χ1) is 8.88. The third-order valence-corrected chi connectivity index (χ3v) is 3.44. The van der Waals surface area contributed by atoms with E-state index >= 15 is 0 Å². The number of aliphatic hydroxyl groups excluding tert-OH is 1. The van der Waals surface area contributed by atoms with Crippen LogP contribution in [0.15, 0.2) is 18.2 Å². The van der Waals surface area contributed by atoms with Crippen molar-refractivity contribution in [2.75, 3.05) is 13.7 Å². The van der Waals surface area contributed by atoms with Crippen LogP contribution >= 0.6 is 0 Å². The lowest BCUT2D eigenvalue weighted by molar-refractivity contribution is 0.196. The molecule has 0 aliphatic heterocycles. The minimum atomic E-state index is 0.125. The van der Waals surface area contributed by atoms with E-state index in [0.717, 1.165) is 24.3 Å². The van der Waals surface area contributed by atoms with Crippen molar-refractivity contribution in [3.05, 3.63) is 29.3 Å². The maximum Gasteiger partial charge on any atom is 0.123 e. The molecule has 1 unspecified atom stereocenters. The molecule has 2 N–H and O–H groups in total. The first-order valence-electron chi connectivity index (χ1n) is 6.86. The minimum Gasteiger partial charge on any atom is -0.496 e. The largest absolute Gasteiger partial charge is 0.496 e. The number of benzene rings is 1. The Balaban J connectivity index is 2.76. The van der Waals surface area contributed by atoms with Crippen molar-refractivity contribution in [1.29, 1.82) is 0 Å². The van der Waals surface area contributed by atoms with Crippen molar-refractivity contribution in [3.8, 4) is 5.75 Å². The van der Waals surface area contributed by atoms with Crippen LogP contribution in [-0.4, -0.2) is 24.9 Å². The molecule has 0 amide bonds. The van der Waals surface area contributed by atoms with Crippen LogP contribution in [0, 0.1) is 12.3 Å². The molecular weight excluding hydrogens is 238 g/mol. The highest BCUT2D eigenvalue weighted by Crippen LogP contribution is 2.24. The Morgan fingerprint density at radius 2 is 2.00 bits per heavy atom. The molecule has 0 fully saturated rings. The first kappa shape index (κ1) is 16.0. The zero-order chi connectivity index (χ0) is 14.5. The van der Waals surface area contributed by atoms with Crippen LogP contribution in [0.5, 0.6) is 5.75 Å². The molecule has 19 heavy (non-hydrogen) atoms. The Bertz CT molecular complexity index is 396. The normalized spacial score (nSPS) is 13.4. The number of hydrogen-bond donors (Lipinski definition) is 2. The van der Waals surface area contributed by atoms with Crippen molar-refractivity contribution in [1.82, 2.24) is 5.32 Å². The molecule has 1 rings (SSSR count). The molecule has 108 valence electrons. The average Bonchev–Trinajstić information content (AvgIpc) is 2.33. The van der Waals surface area contributed by atoms with Crippen molar-refractivity contribution in [2.24, 2.45) is 5.41 Å². The molecular formula is C16H27NO2. The second-order valence-electron chi connectivity index (χ2n) is 6.13. The molecule has 0 spiro atoms. The number of methoxy groups -OCH3 is 1. The number of nitrogens with one attached hydrogen (secondary N) is 1. The first-order valence-corrected chi connectivity index (χ1v) is 6.86. The smallest absolute Gasteiger partial charge is 0.123 e. The molecule has 1 atom stereocenters. The van der Waals surface area contributed by atoms with Crippen LogP contribution in [0.2, 0.25) is 0 Å². The van der Waals surface area contributed by atoms with Gasteiger partial charge in [0.15, 0.2) is 0 Å². The van der Waals surface area contributed by atoms with Crippen LogP contribution in [0.3, 0.4) is 0 Å². The van der Waals surface area contributed by atoms with Gasteiger partial charge in [0.25, 0.3) is 0 Å². The van der Waals surface area contributed by atoms with Crippen molar-refractivity contribution in [2.45, 2.75) is 46.7 Å². The van der Waals surface area contributed by atoms with Gasteiger partial charge in [-0.05, 0) is 24.8 Å². The van der Waals surface area contributed by atoms with Crippen LogP contribution in [0.4, 0.5) is 0 Å². The molecule has 3 heteroatoms. The van der Waals surface area contributed by atoms with Gasteiger partial charge in [-0.25, -0.2) is 0 Å². The summed E-state index contributed by atoms with van der Waals surface area (Å²) in [7, 11) is 1.70. The summed E-state index contributed by atoms with van der Waals surface area (Å²) in [4.78, 5) is 0. The number of aryl methyl sites for hydroxylation is 1. The summed E-state index contributed by atoms with van der Waals surface area (Å²) in [5.74, 6) is 0.912. The van der Waals surface area contributed by atoms with E-state index in [-0.39, 0.29) is 18.1 Å². The number of ether oxygens (including phenoxy) is 1. The summed E-state index contributed by atoms with van der Waals surface area (Å²) in [6.07, 6.45) is 0.762. The van der Waals surface area contributed by atoms with E-state index < -0.39 is 0 Å². The van der Waals surface area contributed by atoms with Crippen LogP contribution < -0.4 is 10.1 Å². The summed E-state index contributed by atoms with van der Waals surface area (Å²) in [5.41, 5.74) is 2.52. The maximum atomic E-state index is 9.18. The zero-order valence-corrected chi connectivity index (χ0v) is 12.8. The van der Waals surface area contributed by atoms with Gasteiger partial charge in [-0.3, -0.25) is 0 Å². The van der Waals surface area contributed by atoms with E-state index in [9.17, 15) is 5.11 Å². The summed E-state index contributed by atoms with van der Waals surface area (Å²) >= 11 is 0. The Hall–Kier alpha value is -1.06. The highest BCUT2D eigenvalue weighted by Gasteiger charge is 2.23. The molecule has 0 heterocycles. The maximum absolute atomic E-state index is 9.18. The predicted octanol–water partition coefficient (Wildman–Crippen LogP) is 2.89. The topological polar surface area (TPSA) is 41.5 Å². The van der Waals surface area contributed by atoms with E-state index in [1.165, 1.54) is 5.56 Å². The Labute approximate surface area is 117 Å². The molecule has 0 saturated carbocycles. The SMILES string of the molecule is COc1ccc(C)cc1CNC(CCO)C(C)(C)C. The summed E-state index contributed by atoms with van der Waals surface area (Å²) in [5, 5.41) is 12.7. The molecule has 0 saturated heterocycles. The monoisotopic (exact) mass is 265 g/mol. The van der Waals surface area contributed by atoms with Gasteiger partial charge >= 0.3 is 0 Å². The number of rotatable bonds is 6. The van der Waals surface area contributed by atoms with Gasteiger partial charge in [-0.1, -0.05) is 38.5 Å². The minimum absolute atomic E-state index is 0.125. The van der Waals surface area contributed by atoms with Crippen LogP contribution in [0.1, 0.15) is 38.3 Å². The fourth-order valence-electron chi connectivity index (χ4n) is 2.25. The van der Waals surface area contributed by atoms with Gasteiger partial charge in [0.1, 0.15) is 5.75 Å². The molecule has 1 aromatic carbocycles. The molecule has 0 radical (unpaired) electrons. The lowest BCUT2D eigenvalue weighted by Gasteiger charge is -2.31. The summed E-state index contributed by atoms with van der Waals surface area (Å²) in [6, 6.07) is 6.48. The highest BCUT2D eigenvalue weighted by atomic mass is 16.5. The van der Waals surface area contributed by atoms with Gasteiger partial charge in [0.05, 0.1) is 7.11 Å². The third-order valence-electron chi connectivity index (χ3n) is 3.44. The zero-order valence-electron chi connectivity index (χ0n) is 12.8. The van der Waals surface area contributed by atoms with Gasteiger partial charge in [0.2, 0.25) is 0 Å². The van der Waals surface area contributed by atoms with Crippen molar-refractivity contribution >= 4 is 0 Å². The van der Waals surface area contributed by atoms with E-state index in [4.69, 9.17) is 4.74 Å². The molecule has 0 bridgehead atoms. The Kier molecular flexibility index (Phi) is 5.83. The van der Waals surface area contributed by atoms with Crippen LogP contribution in [0.25, 0.3) is 0 Å². The standard InChI is InChI=1S/C16H27NO2/c1-12-6-7-14(19-5)13(10-12)11-17-15(8-9-18)16(2,3)4/h6-7,10,15,17-18H,8-9,11H2,1-5H3. The van der Waals surface area contributed by atoms with E-state index in [1.807, 2.05) is 6.07 Å². The van der Waals surface area contributed by atoms with E-state index in [0.29, 0.717) is 0 Å². The van der Waals surface area contributed by atoms with E-state index in [1.54, 1.807) is 7.11 Å². The number of aliphatic hydroxyl groups is 1. The second-order valence-corrected chi connectivity index (χ2v) is 6.13. The summed E-state index contributed by atoms with van der Waals surface area (Å²) in [6.45, 7) is 9.61. The number of hydrogen-bond acceptors (Lipinski definition) is 3. The molecule has 0 aliphatic rings. The molecule has 3 nitrogen and oxygen atoms in total. The van der Waals surface area contributed by atoms with Gasteiger partial charge in [0, 0.05) is 24.8 Å². The fraction of sp³-hybridized carbons (Fsp3) is 0.625. The predicted molar refractivity (Wildman–Crippen MR) is 79.5 cm³/mol. The average molecular weight is 265 g/mol. The Morgan fingerprint density at radius 1 is 1.32 bits per heavy atom. The lowest BCUT2D eigenvalue weighted by Crippen LogP contribution is -2.40. The lowest BCUT2D eigenvalue weighted by atomic mass is 9.85. The second kappa shape index (κ2) is 6.92. The van der Waals surface area contributed by atoms with Gasteiger partial charge in [-0.15, -0.1) is 0 Å². The fourth-order valence-corrected chi connectivity index (χ4v) is 2.25. The highest BCUT2D eigenvalue weighted by molar-refractivity contribution is 5.36. The van der Waals surface area contributed by atoms with E-state index in [2.05, 4.69) is 45.1 Å². The van der Waals surface area contributed by atoms with Crippen molar-refractivity contribution in [3.63, 3.8) is 0 Å². The van der Waals surface area contributed by atoms with Gasteiger partial charge in [-0.2, -0.15) is 0 Å². The summed E-state index contributed by atoms with van der Waals surface area (Å²) < 4.78 is 5.39. The quantitative estimate of drug-likeness (QED) is 0.831. The molecule has 0 aromatic heterocycles. The third kappa shape index (κ3) is 4.84. The van der Waals surface area contributed by atoms with Crippen molar-refractivity contribution < 1.29 is 9.84 Å². The van der Waals surface area contributed by atoms with Crippen LogP contribution in [-0.2, 0) is 6.54 Å².